The maximum Gasteiger partial charge on any atom is -0.0771 e. The molecule has 252 valence electrons. The average molecular weight is 787 g/mol. The molecule has 52 heavy (non-hydrogen) atoms. The van der Waals surface area contributed by atoms with E-state index < -0.39 is 0 Å². The fourth-order valence-corrected chi connectivity index (χ4v) is 7.29. The van der Waals surface area contributed by atoms with Crippen LogP contribution in [0.5, 0.6) is 0 Å². The molecule has 1 aliphatic carbocycles. The van der Waals surface area contributed by atoms with Crippen LogP contribution >= 0.6 is 0 Å². The van der Waals surface area contributed by atoms with E-state index in [1.165, 1.54) is 87.9 Å². The molecule has 0 amide bonds. The maximum atomic E-state index is 3.57. The Morgan fingerprint density at radius 3 is 1.31 bits per heavy atom. The second-order valence-corrected chi connectivity index (χ2v) is 13.4. The number of rotatable bonds is 5. The van der Waals surface area contributed by atoms with E-state index in [4.69, 9.17) is 0 Å². The van der Waals surface area contributed by atoms with Crippen LogP contribution in [0.15, 0.2) is 212 Å². The van der Waals surface area contributed by atoms with Gasteiger partial charge in [0.05, 0.1) is 0 Å². The molecule has 1 aliphatic rings. The topological polar surface area (TPSA) is 0 Å². The van der Waals surface area contributed by atoms with Gasteiger partial charge in [-0.1, -0.05) is 139 Å². The minimum absolute atomic E-state index is 0. The Morgan fingerprint density at radius 2 is 0.827 bits per heavy atom. The molecular weight excluding hydrogens is 751 g/mol. The smallest absolute Gasteiger partial charge is 0.0771 e. The first-order chi connectivity index (χ1) is 24.8. The number of benzene rings is 7. The first-order valence-electron chi connectivity index (χ1n) is 17.0. The van der Waals surface area contributed by atoms with Crippen LogP contribution in [-0.2, 0) is 24.2 Å². The molecule has 1 atom stereocenters. The summed E-state index contributed by atoms with van der Waals surface area (Å²) in [5, 5.41) is 5.39. The Hall–Kier alpha value is -4.78. The minimum atomic E-state index is 0. The number of hydrogen-bond acceptors (Lipinski definition) is 0. The van der Waals surface area contributed by atoms with Crippen molar-refractivity contribution in [3.8, 4) is 0 Å². The van der Waals surface area contributed by atoms with Gasteiger partial charge in [0.1, 0.15) is 0 Å². The van der Waals surface area contributed by atoms with Gasteiger partial charge in [0.25, 0.3) is 0 Å². The van der Waals surface area contributed by atoms with Crippen molar-refractivity contribution in [2.45, 2.75) is 5.92 Å². The van der Waals surface area contributed by atoms with Crippen molar-refractivity contribution in [1.29, 1.82) is 0 Å². The molecule has 0 aliphatic heterocycles. The third-order valence-corrected chi connectivity index (χ3v) is 10.3. The molecule has 8 aromatic carbocycles. The molecule has 1 unspecified atom stereocenters. The summed E-state index contributed by atoms with van der Waals surface area (Å²) in [4.78, 5) is 0. The van der Waals surface area contributed by atoms with E-state index in [1.807, 2.05) is 0 Å². The molecule has 0 heterocycles. The average Bonchev–Trinajstić information content (AvgIpc) is 3.83. The van der Waals surface area contributed by atoms with Gasteiger partial charge in [-0.25, -0.2) is 6.08 Å². The zero-order chi connectivity index (χ0) is 34.0. The van der Waals surface area contributed by atoms with E-state index in [9.17, 15) is 0 Å². The Kier molecular flexibility index (Phi) is 14.2. The van der Waals surface area contributed by atoms with Gasteiger partial charge >= 0.3 is 99.2 Å². The summed E-state index contributed by atoms with van der Waals surface area (Å²) in [7, 11) is 0. The molecule has 0 N–H and O–H groups in total. The van der Waals surface area contributed by atoms with Crippen LogP contribution < -0.4 is 24.8 Å². The normalized spacial score (nSPS) is 12.8. The van der Waals surface area contributed by atoms with Gasteiger partial charge in [0.2, 0.25) is 0 Å². The molecule has 0 fully saturated rings. The van der Waals surface area contributed by atoms with E-state index in [2.05, 4.69) is 218 Å². The Labute approximate surface area is 334 Å². The number of fused-ring (bicyclic) bond motifs is 3. The van der Waals surface area contributed by atoms with Crippen molar-refractivity contribution in [2.75, 3.05) is 0 Å². The maximum absolute atomic E-state index is 3.57. The van der Waals surface area contributed by atoms with Crippen LogP contribution in [0.3, 0.4) is 0 Å². The van der Waals surface area contributed by atoms with Crippen molar-refractivity contribution < 1.29 is 49.0 Å². The molecule has 0 nitrogen and oxygen atoms in total. The Bertz CT molecular complexity index is 2270. The van der Waals surface area contributed by atoms with Gasteiger partial charge in [0, 0.05) is 0 Å². The van der Waals surface area contributed by atoms with Crippen molar-refractivity contribution in [3.63, 3.8) is 0 Å². The fourth-order valence-electron chi connectivity index (χ4n) is 6.47. The summed E-state index contributed by atoms with van der Waals surface area (Å²) >= 11 is 1.46. The standard InChI is InChI=1S/C23H17.C13H9.C13H10.2ClH.Zr/c1-4-10-18(11-5-1)21-16-17-22(19-12-6-2-7-13-19)23(21)20-14-8-3-9-15-20;1-3-7-12-10(5-1)9-11-6-2-4-8-13(11)12;1-3-7-12(8-4-1)11-13-9-5-2-6-10-13;;;/h1-16,22H;1-9H;1-10H;2*1H;/q2*-1;;;;+2/p-2. The first-order valence-corrected chi connectivity index (χ1v) is 18.2. The molecule has 0 saturated heterocycles. The largest absolute Gasteiger partial charge is 0.126 e. The molecule has 0 aromatic heterocycles. The summed E-state index contributed by atoms with van der Waals surface area (Å²) in [5.74, 6) is 0.189. The summed E-state index contributed by atoms with van der Waals surface area (Å²) in [6.45, 7) is 0. The minimum Gasteiger partial charge on any atom is -0.126 e. The van der Waals surface area contributed by atoms with Crippen molar-refractivity contribution in [2.24, 2.45) is 0 Å². The van der Waals surface area contributed by atoms with E-state index >= 15 is 0 Å². The molecule has 0 bridgehead atoms. The van der Waals surface area contributed by atoms with E-state index in [-0.39, 0.29) is 30.7 Å². The predicted molar refractivity (Wildman–Crippen MR) is 210 cm³/mol. The zero-order valence-electron chi connectivity index (χ0n) is 28.5. The van der Waals surface area contributed by atoms with Crippen LogP contribution in [0.25, 0.3) is 32.7 Å². The van der Waals surface area contributed by atoms with E-state index in [0.29, 0.717) is 0 Å². The summed E-state index contributed by atoms with van der Waals surface area (Å²) in [6, 6.07) is 72.2. The Balaban J connectivity index is 0.000000156. The van der Waals surface area contributed by atoms with Crippen molar-refractivity contribution in [3.05, 3.63) is 246 Å². The van der Waals surface area contributed by atoms with Gasteiger partial charge in [0.15, 0.2) is 0 Å². The molecule has 3 heteroatoms. The second kappa shape index (κ2) is 19.2. The number of allylic oxidation sites excluding steroid dienone is 4. The Morgan fingerprint density at radius 1 is 0.442 bits per heavy atom. The van der Waals surface area contributed by atoms with Crippen molar-refractivity contribution in [1.82, 2.24) is 0 Å². The van der Waals surface area contributed by atoms with Gasteiger partial charge in [-0.05, 0) is 5.56 Å². The third kappa shape index (κ3) is 9.17. The SMILES string of the molecule is [C-]1=CC(c2ccccc2)=C(c2ccccc2)C1c1ccccc1.[Cl-].[Cl-].[Zr+2]=[C](c1ccccc1)c1ccccc1.c1ccc2c(c1)[cH-]c1ccccc12. The van der Waals surface area contributed by atoms with E-state index in [1.54, 1.807) is 0 Å². The summed E-state index contributed by atoms with van der Waals surface area (Å²) in [6.07, 6.45) is 5.72. The first kappa shape index (κ1) is 38.5. The third-order valence-electron chi connectivity index (χ3n) is 8.92. The molecule has 0 spiro atoms. The molecular formula is C49H36Cl2Zr-2. The summed E-state index contributed by atoms with van der Waals surface area (Å²) in [5.41, 5.74) is 9.06. The number of halogens is 2. The van der Waals surface area contributed by atoms with Crippen LogP contribution in [0.2, 0.25) is 0 Å². The van der Waals surface area contributed by atoms with Crippen LogP contribution in [-0.4, -0.2) is 3.21 Å². The molecule has 9 rings (SSSR count). The molecule has 8 aromatic rings. The molecule has 0 saturated carbocycles. The van der Waals surface area contributed by atoms with E-state index in [0.717, 1.165) is 0 Å². The summed E-state index contributed by atoms with van der Waals surface area (Å²) < 4.78 is 1.42. The van der Waals surface area contributed by atoms with Gasteiger partial charge in [-0.3, -0.25) is 6.08 Å². The predicted octanol–water partition coefficient (Wildman–Crippen LogP) is 6.28. The van der Waals surface area contributed by atoms with Gasteiger partial charge in [-0.2, -0.15) is 5.57 Å². The second-order valence-electron chi connectivity index (χ2n) is 12.1. The van der Waals surface area contributed by atoms with Crippen molar-refractivity contribution >= 4 is 35.9 Å². The van der Waals surface area contributed by atoms with Crippen LogP contribution in [0.1, 0.15) is 33.7 Å². The van der Waals surface area contributed by atoms with Crippen LogP contribution in [0.4, 0.5) is 0 Å². The van der Waals surface area contributed by atoms with Gasteiger partial charge in [-0.15, -0.1) is 50.9 Å². The van der Waals surface area contributed by atoms with Crippen LogP contribution in [0, 0.1) is 6.08 Å². The quantitative estimate of drug-likeness (QED) is 0.181. The molecule has 0 radical (unpaired) electrons. The number of hydrogen-bond donors (Lipinski definition) is 0. The fraction of sp³-hybridized carbons (Fsp3) is 0.0204. The monoisotopic (exact) mass is 784 g/mol. The van der Waals surface area contributed by atoms with Gasteiger partial charge < -0.3 is 24.8 Å². The zero-order valence-corrected chi connectivity index (χ0v) is 32.5.